The van der Waals surface area contributed by atoms with Crippen molar-refractivity contribution in [2.45, 2.75) is 6.92 Å². The summed E-state index contributed by atoms with van der Waals surface area (Å²) < 4.78 is 27.7. The number of aryl methyl sites for hydroxylation is 1. The summed E-state index contributed by atoms with van der Waals surface area (Å²) in [5, 5.41) is 2.60. The first-order chi connectivity index (χ1) is 9.56. The zero-order valence-corrected chi connectivity index (χ0v) is 10.4. The number of nitrogens with two attached hydrogens (primary N) is 1. The standard InChI is InChI=1S/C12H10F2N6/c1-5-2-3-6(13)8(7(5)14)18-11-9-10(17-4-16-9)19-12(15)20-11/h2-4H,1H3,(H4,15,16,17,18,19,20). The van der Waals surface area contributed by atoms with E-state index >= 15 is 0 Å². The highest BCUT2D eigenvalue weighted by Crippen LogP contribution is 2.27. The van der Waals surface area contributed by atoms with Crippen LogP contribution in [0.3, 0.4) is 0 Å². The molecule has 0 aliphatic rings. The van der Waals surface area contributed by atoms with E-state index in [0.29, 0.717) is 16.7 Å². The Hall–Kier alpha value is -2.77. The third kappa shape index (κ3) is 1.91. The second-order valence-electron chi connectivity index (χ2n) is 4.21. The normalized spacial score (nSPS) is 10.9. The van der Waals surface area contributed by atoms with Gasteiger partial charge >= 0.3 is 0 Å². The molecule has 0 amide bonds. The maximum absolute atomic E-state index is 14.0. The van der Waals surface area contributed by atoms with Crippen LogP contribution in [-0.2, 0) is 0 Å². The number of imidazole rings is 1. The highest BCUT2D eigenvalue weighted by Gasteiger charge is 2.15. The van der Waals surface area contributed by atoms with E-state index in [1.807, 2.05) is 0 Å². The van der Waals surface area contributed by atoms with Gasteiger partial charge in [-0.25, -0.2) is 13.8 Å². The van der Waals surface area contributed by atoms with Crippen molar-refractivity contribution in [2.75, 3.05) is 11.1 Å². The molecule has 102 valence electrons. The third-order valence-electron chi connectivity index (χ3n) is 2.83. The van der Waals surface area contributed by atoms with Gasteiger partial charge < -0.3 is 16.0 Å². The van der Waals surface area contributed by atoms with Crippen molar-refractivity contribution in [3.63, 3.8) is 0 Å². The van der Waals surface area contributed by atoms with Gasteiger partial charge in [-0.2, -0.15) is 9.97 Å². The SMILES string of the molecule is Cc1ccc(F)c(Nc2nc(N)nc3nc[nH]c23)c1F. The Morgan fingerprint density at radius 2 is 2.05 bits per heavy atom. The van der Waals surface area contributed by atoms with Crippen LogP contribution in [0, 0.1) is 18.6 Å². The number of aromatic amines is 1. The summed E-state index contributed by atoms with van der Waals surface area (Å²) in [6.45, 7) is 1.54. The first-order valence-electron chi connectivity index (χ1n) is 5.74. The van der Waals surface area contributed by atoms with Crippen LogP contribution < -0.4 is 11.1 Å². The molecule has 3 rings (SSSR count). The third-order valence-corrected chi connectivity index (χ3v) is 2.83. The molecule has 0 saturated heterocycles. The number of anilines is 3. The largest absolute Gasteiger partial charge is 0.368 e. The molecule has 0 aliphatic heterocycles. The minimum Gasteiger partial charge on any atom is -0.368 e. The summed E-state index contributed by atoms with van der Waals surface area (Å²) >= 11 is 0. The molecule has 20 heavy (non-hydrogen) atoms. The van der Waals surface area contributed by atoms with E-state index < -0.39 is 11.6 Å². The summed E-state index contributed by atoms with van der Waals surface area (Å²) in [6, 6.07) is 2.53. The van der Waals surface area contributed by atoms with Crippen molar-refractivity contribution in [1.29, 1.82) is 0 Å². The number of benzene rings is 1. The number of hydrogen-bond acceptors (Lipinski definition) is 5. The van der Waals surface area contributed by atoms with Gasteiger partial charge in [-0.15, -0.1) is 0 Å². The first kappa shape index (κ1) is 12.3. The van der Waals surface area contributed by atoms with Crippen LogP contribution in [0.5, 0.6) is 0 Å². The molecule has 4 N–H and O–H groups in total. The van der Waals surface area contributed by atoms with Crippen molar-refractivity contribution in [1.82, 2.24) is 19.9 Å². The van der Waals surface area contributed by atoms with Crippen LogP contribution in [-0.4, -0.2) is 19.9 Å². The van der Waals surface area contributed by atoms with E-state index in [9.17, 15) is 8.78 Å². The quantitative estimate of drug-likeness (QED) is 0.667. The maximum Gasteiger partial charge on any atom is 0.224 e. The molecular formula is C12H10F2N6. The monoisotopic (exact) mass is 276 g/mol. The second kappa shape index (κ2) is 4.41. The molecule has 8 heteroatoms. The van der Waals surface area contributed by atoms with Crippen molar-refractivity contribution in [3.8, 4) is 0 Å². The van der Waals surface area contributed by atoms with Crippen LogP contribution in [0.4, 0.5) is 26.2 Å². The number of halogens is 2. The summed E-state index contributed by atoms with van der Waals surface area (Å²) in [6.07, 6.45) is 1.40. The Labute approximate surface area is 112 Å². The summed E-state index contributed by atoms with van der Waals surface area (Å²) in [5.41, 5.74) is 6.29. The predicted molar refractivity (Wildman–Crippen MR) is 70.5 cm³/mol. The fourth-order valence-corrected chi connectivity index (χ4v) is 1.83. The number of nitrogens with one attached hydrogen (secondary N) is 2. The lowest BCUT2D eigenvalue weighted by Crippen LogP contribution is -2.04. The minimum atomic E-state index is -0.724. The molecule has 0 saturated carbocycles. The van der Waals surface area contributed by atoms with Crippen LogP contribution in [0.1, 0.15) is 5.56 Å². The molecule has 6 nitrogen and oxygen atoms in total. The first-order valence-corrected chi connectivity index (χ1v) is 5.74. The molecule has 3 aromatic rings. The Balaban J connectivity index is 2.14. The van der Waals surface area contributed by atoms with Gasteiger partial charge in [0.2, 0.25) is 5.95 Å². The lowest BCUT2D eigenvalue weighted by atomic mass is 10.2. The number of H-pyrrole nitrogens is 1. The second-order valence-corrected chi connectivity index (χ2v) is 4.21. The summed E-state index contributed by atoms with van der Waals surface area (Å²) in [4.78, 5) is 14.5. The van der Waals surface area contributed by atoms with E-state index in [2.05, 4.69) is 25.3 Å². The van der Waals surface area contributed by atoms with E-state index in [1.54, 1.807) is 6.92 Å². The van der Waals surface area contributed by atoms with Gasteiger partial charge in [-0.3, -0.25) is 0 Å². The zero-order valence-electron chi connectivity index (χ0n) is 10.4. The molecular weight excluding hydrogens is 266 g/mol. The smallest absolute Gasteiger partial charge is 0.224 e. The molecule has 2 aromatic heterocycles. The molecule has 2 heterocycles. The number of aromatic nitrogens is 4. The Bertz CT molecular complexity index is 798. The van der Waals surface area contributed by atoms with Gasteiger partial charge in [-0.1, -0.05) is 6.07 Å². The van der Waals surface area contributed by atoms with Crippen LogP contribution in [0.25, 0.3) is 11.2 Å². The lowest BCUT2D eigenvalue weighted by Gasteiger charge is -2.10. The van der Waals surface area contributed by atoms with Crippen molar-refractivity contribution in [3.05, 3.63) is 35.7 Å². The summed E-state index contributed by atoms with van der Waals surface area (Å²) in [7, 11) is 0. The molecule has 1 aromatic carbocycles. The highest BCUT2D eigenvalue weighted by molar-refractivity contribution is 5.86. The lowest BCUT2D eigenvalue weighted by molar-refractivity contribution is 0.585. The zero-order chi connectivity index (χ0) is 14.3. The van der Waals surface area contributed by atoms with Crippen molar-refractivity contribution in [2.24, 2.45) is 0 Å². The van der Waals surface area contributed by atoms with E-state index in [-0.39, 0.29) is 17.5 Å². The Morgan fingerprint density at radius 3 is 2.85 bits per heavy atom. The molecule has 0 atom stereocenters. The number of rotatable bonds is 2. The fraction of sp³-hybridized carbons (Fsp3) is 0.0833. The van der Waals surface area contributed by atoms with Gasteiger partial charge in [0.15, 0.2) is 17.3 Å². The summed E-state index contributed by atoms with van der Waals surface area (Å²) in [5.74, 6) is -1.29. The fourth-order valence-electron chi connectivity index (χ4n) is 1.83. The molecule has 0 bridgehead atoms. The van der Waals surface area contributed by atoms with Crippen LogP contribution in [0.15, 0.2) is 18.5 Å². The van der Waals surface area contributed by atoms with Gasteiger partial charge in [0.05, 0.1) is 6.33 Å². The number of fused-ring (bicyclic) bond motifs is 1. The predicted octanol–water partition coefficient (Wildman–Crippen LogP) is 2.27. The average molecular weight is 276 g/mol. The average Bonchev–Trinajstić information content (AvgIpc) is 2.87. The number of nitrogens with zero attached hydrogens (tertiary/aromatic N) is 3. The van der Waals surface area contributed by atoms with Gasteiger partial charge in [0, 0.05) is 0 Å². The molecule has 0 spiro atoms. The molecule has 0 aliphatic carbocycles. The van der Waals surface area contributed by atoms with Gasteiger partial charge in [-0.05, 0) is 18.6 Å². The number of hydrogen-bond donors (Lipinski definition) is 3. The van der Waals surface area contributed by atoms with Crippen molar-refractivity contribution < 1.29 is 8.78 Å². The van der Waals surface area contributed by atoms with Crippen LogP contribution >= 0.6 is 0 Å². The van der Waals surface area contributed by atoms with E-state index in [0.717, 1.165) is 0 Å². The molecule has 0 unspecified atom stereocenters. The van der Waals surface area contributed by atoms with Gasteiger partial charge in [0.1, 0.15) is 17.0 Å². The maximum atomic E-state index is 14.0. The highest BCUT2D eigenvalue weighted by atomic mass is 19.1. The Morgan fingerprint density at radius 1 is 1.25 bits per heavy atom. The van der Waals surface area contributed by atoms with E-state index in [4.69, 9.17) is 5.73 Å². The Kier molecular flexibility index (Phi) is 2.70. The van der Waals surface area contributed by atoms with E-state index in [1.165, 1.54) is 18.5 Å². The molecule has 0 radical (unpaired) electrons. The topological polar surface area (TPSA) is 92.5 Å². The van der Waals surface area contributed by atoms with Gasteiger partial charge in [0.25, 0.3) is 0 Å². The van der Waals surface area contributed by atoms with Crippen LogP contribution in [0.2, 0.25) is 0 Å². The van der Waals surface area contributed by atoms with Crippen molar-refractivity contribution >= 4 is 28.6 Å². The number of nitrogen functional groups attached to an aromatic ring is 1. The molecule has 0 fully saturated rings. The minimum absolute atomic E-state index is 0.0411.